The normalized spacial score (nSPS) is 15.4. The highest BCUT2D eigenvalue weighted by molar-refractivity contribution is 5.99. The molecule has 5 nitrogen and oxygen atoms in total. The largest absolute Gasteiger partial charge is 0.478 e. The van der Waals surface area contributed by atoms with E-state index in [-0.39, 0.29) is 17.0 Å². The van der Waals surface area contributed by atoms with Crippen LogP contribution in [0.1, 0.15) is 43.0 Å². The average Bonchev–Trinajstić information content (AvgIpc) is 3.18. The van der Waals surface area contributed by atoms with Gasteiger partial charge in [-0.25, -0.2) is 9.59 Å². The molecule has 0 aliphatic heterocycles. The molecule has 20 heavy (non-hydrogen) atoms. The molecule has 0 unspecified atom stereocenters. The summed E-state index contributed by atoms with van der Waals surface area (Å²) < 4.78 is 0. The van der Waals surface area contributed by atoms with Gasteiger partial charge in [-0.15, -0.1) is 0 Å². The highest BCUT2D eigenvalue weighted by atomic mass is 16.4. The molecule has 1 fully saturated rings. The van der Waals surface area contributed by atoms with Crippen LogP contribution < -0.4 is 10.6 Å². The number of para-hydroxylation sites is 1. The van der Waals surface area contributed by atoms with Gasteiger partial charge in [0, 0.05) is 6.54 Å². The van der Waals surface area contributed by atoms with E-state index in [0.717, 1.165) is 25.7 Å². The van der Waals surface area contributed by atoms with Gasteiger partial charge in [0.25, 0.3) is 0 Å². The van der Waals surface area contributed by atoms with Gasteiger partial charge in [-0.05, 0) is 36.8 Å². The monoisotopic (exact) mass is 276 g/mol. The van der Waals surface area contributed by atoms with Crippen molar-refractivity contribution in [2.75, 3.05) is 11.9 Å². The van der Waals surface area contributed by atoms with E-state index in [0.29, 0.717) is 12.2 Å². The van der Waals surface area contributed by atoms with Gasteiger partial charge in [-0.1, -0.05) is 25.5 Å². The topological polar surface area (TPSA) is 78.4 Å². The van der Waals surface area contributed by atoms with Crippen molar-refractivity contribution < 1.29 is 14.7 Å². The fourth-order valence-electron chi connectivity index (χ4n) is 2.44. The molecule has 0 radical (unpaired) electrons. The minimum atomic E-state index is -1.05. The van der Waals surface area contributed by atoms with E-state index in [4.69, 9.17) is 5.11 Å². The fourth-order valence-corrected chi connectivity index (χ4v) is 2.44. The molecule has 0 heterocycles. The van der Waals surface area contributed by atoms with Crippen LogP contribution in [-0.2, 0) is 0 Å². The summed E-state index contributed by atoms with van der Waals surface area (Å²) in [7, 11) is 0. The zero-order valence-corrected chi connectivity index (χ0v) is 11.6. The molecule has 5 heteroatoms. The Morgan fingerprint density at radius 3 is 2.60 bits per heavy atom. The Hall–Kier alpha value is -2.04. The Morgan fingerprint density at radius 1 is 1.30 bits per heavy atom. The third-order valence-corrected chi connectivity index (χ3v) is 3.77. The lowest BCUT2D eigenvalue weighted by molar-refractivity contribution is 0.0698. The number of hydrogen-bond acceptors (Lipinski definition) is 2. The minimum absolute atomic E-state index is 0.0948. The lowest BCUT2D eigenvalue weighted by Gasteiger charge is -2.15. The van der Waals surface area contributed by atoms with Crippen molar-refractivity contribution in [1.29, 1.82) is 0 Å². The first-order valence-corrected chi connectivity index (χ1v) is 6.93. The lowest BCUT2D eigenvalue weighted by atomic mass is 10.0. The molecule has 2 rings (SSSR count). The third kappa shape index (κ3) is 3.50. The second-order valence-electron chi connectivity index (χ2n) is 5.41. The van der Waals surface area contributed by atoms with E-state index in [2.05, 4.69) is 17.6 Å². The summed E-state index contributed by atoms with van der Waals surface area (Å²) in [4.78, 5) is 22.9. The molecule has 0 atom stereocenters. The molecule has 3 N–H and O–H groups in total. The molecule has 0 aromatic heterocycles. The molecule has 1 aliphatic carbocycles. The number of rotatable bonds is 6. The van der Waals surface area contributed by atoms with Gasteiger partial charge >= 0.3 is 12.0 Å². The first kappa shape index (κ1) is 14.4. The fraction of sp³-hybridized carbons (Fsp3) is 0.467. The SMILES string of the molecule is CCCC1(CNC(=O)Nc2ccccc2C(=O)O)CC1. The van der Waals surface area contributed by atoms with Crippen molar-refractivity contribution in [3.05, 3.63) is 29.8 Å². The summed E-state index contributed by atoms with van der Waals surface area (Å²) >= 11 is 0. The maximum atomic E-state index is 11.9. The van der Waals surface area contributed by atoms with Crippen molar-refractivity contribution in [2.45, 2.75) is 32.6 Å². The average molecular weight is 276 g/mol. The molecular weight excluding hydrogens is 256 g/mol. The second-order valence-corrected chi connectivity index (χ2v) is 5.41. The van der Waals surface area contributed by atoms with Gasteiger partial charge in [-0.2, -0.15) is 0 Å². The lowest BCUT2D eigenvalue weighted by Crippen LogP contribution is -2.34. The van der Waals surface area contributed by atoms with Crippen LogP contribution in [-0.4, -0.2) is 23.7 Å². The highest BCUT2D eigenvalue weighted by Gasteiger charge is 2.41. The molecule has 1 aromatic carbocycles. The zero-order chi connectivity index (χ0) is 14.6. The predicted octanol–water partition coefficient (Wildman–Crippen LogP) is 3.09. The van der Waals surface area contributed by atoms with Gasteiger partial charge in [-0.3, -0.25) is 0 Å². The van der Waals surface area contributed by atoms with Crippen LogP contribution in [0, 0.1) is 5.41 Å². The van der Waals surface area contributed by atoms with Gasteiger partial charge < -0.3 is 15.7 Å². The number of carbonyl (C=O) groups is 2. The summed E-state index contributed by atoms with van der Waals surface area (Å²) in [6.45, 7) is 2.80. The number of aromatic carboxylic acids is 1. The van der Waals surface area contributed by atoms with Crippen molar-refractivity contribution in [3.63, 3.8) is 0 Å². The van der Waals surface area contributed by atoms with Crippen LogP contribution in [0.4, 0.5) is 10.5 Å². The van der Waals surface area contributed by atoms with Crippen molar-refractivity contribution in [1.82, 2.24) is 5.32 Å². The number of carboxylic acid groups (broad SMARTS) is 1. The Labute approximate surface area is 118 Å². The van der Waals surface area contributed by atoms with E-state index in [1.54, 1.807) is 18.2 Å². The Morgan fingerprint density at radius 2 is 2.00 bits per heavy atom. The Balaban J connectivity index is 1.90. The van der Waals surface area contributed by atoms with E-state index >= 15 is 0 Å². The number of amides is 2. The van der Waals surface area contributed by atoms with Crippen molar-refractivity contribution in [3.8, 4) is 0 Å². The summed E-state index contributed by atoms with van der Waals surface area (Å²) in [6, 6.07) is 6.04. The molecule has 1 aromatic rings. The van der Waals surface area contributed by atoms with E-state index in [1.807, 2.05) is 0 Å². The maximum Gasteiger partial charge on any atom is 0.337 e. The van der Waals surface area contributed by atoms with Gasteiger partial charge in [0.15, 0.2) is 0 Å². The van der Waals surface area contributed by atoms with Crippen molar-refractivity contribution >= 4 is 17.7 Å². The summed E-state index contributed by atoms with van der Waals surface area (Å²) in [5.74, 6) is -1.05. The summed E-state index contributed by atoms with van der Waals surface area (Å²) in [6.07, 6.45) is 4.56. The van der Waals surface area contributed by atoms with Crippen LogP contribution in [0.25, 0.3) is 0 Å². The van der Waals surface area contributed by atoms with Crippen molar-refractivity contribution in [2.24, 2.45) is 5.41 Å². The number of nitrogens with one attached hydrogen (secondary N) is 2. The first-order valence-electron chi connectivity index (χ1n) is 6.93. The minimum Gasteiger partial charge on any atom is -0.478 e. The van der Waals surface area contributed by atoms with Crippen LogP contribution >= 0.6 is 0 Å². The van der Waals surface area contributed by atoms with Crippen LogP contribution in [0.15, 0.2) is 24.3 Å². The molecule has 1 aliphatic rings. The van der Waals surface area contributed by atoms with E-state index in [9.17, 15) is 9.59 Å². The molecular formula is C15H20N2O3. The summed E-state index contributed by atoms with van der Waals surface area (Å²) in [5, 5.41) is 14.5. The zero-order valence-electron chi connectivity index (χ0n) is 11.6. The number of carboxylic acids is 1. The van der Waals surface area contributed by atoms with E-state index in [1.165, 1.54) is 6.07 Å². The number of benzene rings is 1. The standard InChI is InChI=1S/C15H20N2O3/c1-2-7-15(8-9-15)10-16-14(20)17-12-6-4-3-5-11(12)13(18)19/h3-6H,2,7-10H2,1H3,(H,18,19)(H2,16,17,20). The molecule has 0 saturated heterocycles. The molecule has 108 valence electrons. The Kier molecular flexibility index (Phi) is 4.27. The first-order chi connectivity index (χ1) is 9.56. The van der Waals surface area contributed by atoms with Crippen LogP contribution in [0.5, 0.6) is 0 Å². The smallest absolute Gasteiger partial charge is 0.337 e. The molecule has 1 saturated carbocycles. The van der Waals surface area contributed by atoms with Gasteiger partial charge in [0.05, 0.1) is 11.3 Å². The number of urea groups is 1. The summed E-state index contributed by atoms with van der Waals surface area (Å²) in [5.41, 5.74) is 0.688. The Bertz CT molecular complexity index is 510. The van der Waals surface area contributed by atoms with Crippen LogP contribution in [0.2, 0.25) is 0 Å². The quantitative estimate of drug-likeness (QED) is 0.747. The second kappa shape index (κ2) is 5.94. The maximum absolute atomic E-state index is 11.9. The van der Waals surface area contributed by atoms with Gasteiger partial charge in [0.1, 0.15) is 0 Å². The predicted molar refractivity (Wildman–Crippen MR) is 77.0 cm³/mol. The van der Waals surface area contributed by atoms with Crippen LogP contribution in [0.3, 0.4) is 0 Å². The number of hydrogen-bond donors (Lipinski definition) is 3. The number of carbonyl (C=O) groups excluding carboxylic acids is 1. The molecule has 0 bridgehead atoms. The van der Waals surface area contributed by atoms with E-state index < -0.39 is 5.97 Å². The third-order valence-electron chi connectivity index (χ3n) is 3.77. The molecule has 0 spiro atoms. The molecule has 2 amide bonds. The number of anilines is 1. The van der Waals surface area contributed by atoms with Gasteiger partial charge in [0.2, 0.25) is 0 Å². The highest BCUT2D eigenvalue weighted by Crippen LogP contribution is 2.48.